The first-order valence-electron chi connectivity index (χ1n) is 12.1. The van der Waals surface area contributed by atoms with E-state index in [9.17, 15) is 19.5 Å². The quantitative estimate of drug-likeness (QED) is 0.448. The predicted octanol–water partition coefficient (Wildman–Crippen LogP) is 4.20. The second kappa shape index (κ2) is 8.37. The molecule has 0 aromatic rings. The summed E-state index contributed by atoms with van der Waals surface area (Å²) in [7, 11) is 0. The summed E-state index contributed by atoms with van der Waals surface area (Å²) >= 11 is 4.00. The molecule has 0 aromatic carbocycles. The van der Waals surface area contributed by atoms with Gasteiger partial charge in [0.25, 0.3) is 0 Å². The number of esters is 2. The van der Waals surface area contributed by atoms with E-state index in [2.05, 4.69) is 29.8 Å². The van der Waals surface area contributed by atoms with Crippen molar-refractivity contribution in [2.75, 3.05) is 6.61 Å². The van der Waals surface area contributed by atoms with Crippen LogP contribution in [0.2, 0.25) is 0 Å². The van der Waals surface area contributed by atoms with Crippen molar-refractivity contribution >= 4 is 33.7 Å². The van der Waals surface area contributed by atoms with Crippen molar-refractivity contribution in [2.24, 2.45) is 34.5 Å². The Balaban J connectivity index is 1.56. The number of aliphatic hydroxyl groups is 1. The number of fused-ring (bicyclic) bond motifs is 5. The number of Topliss-reactive ketones (excluding diaryl/α,β-unsaturated/α-hetero) is 1. The summed E-state index contributed by atoms with van der Waals surface area (Å²) in [5, 5.41) is 11.4. The van der Waals surface area contributed by atoms with Crippen molar-refractivity contribution in [3.8, 4) is 0 Å². The van der Waals surface area contributed by atoms with Gasteiger partial charge in [-0.15, -0.1) is 0 Å². The molecule has 0 bridgehead atoms. The molecule has 1 N–H and O–H groups in total. The molecule has 4 unspecified atom stereocenters. The molecular formula is C25H37BrO6. The number of halogens is 1. The molecule has 4 aliphatic carbocycles. The summed E-state index contributed by atoms with van der Waals surface area (Å²) in [5.41, 5.74) is -0.192. The van der Waals surface area contributed by atoms with Crippen LogP contribution in [-0.2, 0) is 23.9 Å². The minimum absolute atomic E-state index is 0.0444. The summed E-state index contributed by atoms with van der Waals surface area (Å²) in [6.45, 7) is 7.22. The van der Waals surface area contributed by atoms with Gasteiger partial charge in [-0.2, -0.15) is 0 Å². The third-order valence-corrected chi connectivity index (χ3v) is 11.6. The van der Waals surface area contributed by atoms with E-state index in [1.165, 1.54) is 13.8 Å². The molecule has 32 heavy (non-hydrogen) atoms. The zero-order valence-electron chi connectivity index (χ0n) is 19.7. The highest BCUT2D eigenvalue weighted by molar-refractivity contribution is 9.10. The molecular weight excluding hydrogens is 476 g/mol. The third-order valence-electron chi connectivity index (χ3n) is 9.88. The lowest BCUT2D eigenvalue weighted by atomic mass is 9.44. The fourth-order valence-corrected chi connectivity index (χ4v) is 9.38. The Kier molecular flexibility index (Phi) is 6.32. The Labute approximate surface area is 199 Å². The molecule has 4 fully saturated rings. The van der Waals surface area contributed by atoms with Gasteiger partial charge in [-0.25, -0.2) is 0 Å². The summed E-state index contributed by atoms with van der Waals surface area (Å²) in [5.74, 6) is 0.517. The van der Waals surface area contributed by atoms with E-state index in [0.717, 1.165) is 38.5 Å². The van der Waals surface area contributed by atoms with Crippen molar-refractivity contribution < 1.29 is 29.0 Å². The average molecular weight is 513 g/mol. The van der Waals surface area contributed by atoms with Crippen LogP contribution in [0.3, 0.4) is 0 Å². The first-order valence-corrected chi connectivity index (χ1v) is 12.9. The summed E-state index contributed by atoms with van der Waals surface area (Å²) in [6, 6.07) is 0. The van der Waals surface area contributed by atoms with Gasteiger partial charge in [0.2, 0.25) is 0 Å². The van der Waals surface area contributed by atoms with Crippen LogP contribution < -0.4 is 0 Å². The van der Waals surface area contributed by atoms with Crippen LogP contribution in [-0.4, -0.2) is 46.0 Å². The zero-order chi connectivity index (χ0) is 23.5. The molecule has 4 saturated carbocycles. The molecule has 6 nitrogen and oxygen atoms in total. The number of aliphatic hydroxyl groups excluding tert-OH is 1. The molecule has 4 aliphatic rings. The zero-order valence-corrected chi connectivity index (χ0v) is 21.3. The van der Waals surface area contributed by atoms with Gasteiger partial charge in [-0.1, -0.05) is 29.8 Å². The first kappa shape index (κ1) is 24.2. The van der Waals surface area contributed by atoms with Crippen molar-refractivity contribution in [3.05, 3.63) is 0 Å². The van der Waals surface area contributed by atoms with Crippen LogP contribution in [0, 0.1) is 34.5 Å². The number of hydrogen-bond donors (Lipinski definition) is 1. The Bertz CT molecular complexity index is 799. The van der Waals surface area contributed by atoms with Crippen LogP contribution in [0.1, 0.15) is 79.1 Å². The molecule has 180 valence electrons. The largest absolute Gasteiger partial charge is 0.463 e. The Morgan fingerprint density at radius 2 is 1.72 bits per heavy atom. The van der Waals surface area contributed by atoms with E-state index in [1.54, 1.807) is 0 Å². The Morgan fingerprint density at radius 3 is 2.38 bits per heavy atom. The van der Waals surface area contributed by atoms with E-state index in [1.807, 2.05) is 0 Å². The number of hydrogen-bond acceptors (Lipinski definition) is 6. The van der Waals surface area contributed by atoms with Crippen molar-refractivity contribution in [1.29, 1.82) is 0 Å². The van der Waals surface area contributed by atoms with E-state index in [-0.39, 0.29) is 41.2 Å². The third kappa shape index (κ3) is 3.66. The Morgan fingerprint density at radius 1 is 1.00 bits per heavy atom. The van der Waals surface area contributed by atoms with Crippen LogP contribution in [0.5, 0.6) is 0 Å². The van der Waals surface area contributed by atoms with Gasteiger partial charge < -0.3 is 14.6 Å². The monoisotopic (exact) mass is 512 g/mol. The number of ether oxygens (including phenoxy) is 2. The highest BCUT2D eigenvalue weighted by Crippen LogP contribution is 2.70. The number of alkyl halides is 1. The number of ketones is 1. The smallest absolute Gasteiger partial charge is 0.303 e. The number of carbonyl (C=O) groups excluding carboxylic acids is 3. The van der Waals surface area contributed by atoms with E-state index < -0.39 is 16.4 Å². The topological polar surface area (TPSA) is 89.9 Å². The van der Waals surface area contributed by atoms with Gasteiger partial charge in [0.1, 0.15) is 12.7 Å². The van der Waals surface area contributed by atoms with Crippen molar-refractivity contribution in [1.82, 2.24) is 0 Å². The van der Waals surface area contributed by atoms with Crippen molar-refractivity contribution in [2.45, 2.75) is 95.6 Å². The number of rotatable bonds is 4. The van der Waals surface area contributed by atoms with E-state index in [4.69, 9.17) is 9.47 Å². The normalized spacial score (nSPS) is 47.6. The SMILES string of the molecule is CC(=O)OCC(=O)[C@H]1CCC2C3C[C@@H](O)[C@@]4(Br)CC(OC(C)=O)CC[C@]4(C)C3CC[C@@]21C. The molecule has 0 heterocycles. The molecule has 0 aromatic heterocycles. The predicted molar refractivity (Wildman–Crippen MR) is 122 cm³/mol. The second-order valence-electron chi connectivity index (χ2n) is 11.3. The molecule has 0 spiro atoms. The van der Waals surface area contributed by atoms with Gasteiger partial charge in [0.15, 0.2) is 5.78 Å². The molecule has 0 amide bonds. The van der Waals surface area contributed by atoms with Crippen LogP contribution in [0.15, 0.2) is 0 Å². The Hall–Kier alpha value is -0.950. The van der Waals surface area contributed by atoms with E-state index >= 15 is 0 Å². The maximum Gasteiger partial charge on any atom is 0.303 e. The lowest BCUT2D eigenvalue weighted by Gasteiger charge is -2.65. The molecule has 4 rings (SSSR count). The van der Waals surface area contributed by atoms with Gasteiger partial charge in [0, 0.05) is 26.2 Å². The molecule has 0 aliphatic heterocycles. The van der Waals surface area contributed by atoms with Crippen molar-refractivity contribution in [3.63, 3.8) is 0 Å². The molecule has 9 atom stereocenters. The minimum Gasteiger partial charge on any atom is -0.463 e. The average Bonchev–Trinajstić information content (AvgIpc) is 3.05. The van der Waals surface area contributed by atoms with Crippen LogP contribution in [0.25, 0.3) is 0 Å². The van der Waals surface area contributed by atoms with Gasteiger partial charge >= 0.3 is 11.9 Å². The standard InChI is InChI=1S/C25H37BrO6/c1-14(27)31-13-21(29)20-6-5-18-17-11-22(30)25(26)12-16(32-15(2)28)7-10-24(25,4)19(17)8-9-23(18,20)3/h16-20,22,30H,5-13H2,1-4H3/t16?,17?,18?,19?,20-,22-,23+,24-,25+/m1/s1. The van der Waals surface area contributed by atoms with Gasteiger partial charge in [-0.3, -0.25) is 14.4 Å². The molecule has 0 radical (unpaired) electrons. The van der Waals surface area contributed by atoms with Crippen LogP contribution in [0.4, 0.5) is 0 Å². The molecule has 0 saturated heterocycles. The second-order valence-corrected chi connectivity index (χ2v) is 12.7. The lowest BCUT2D eigenvalue weighted by Crippen LogP contribution is -2.66. The maximum atomic E-state index is 12.9. The summed E-state index contributed by atoms with van der Waals surface area (Å²) in [6.07, 6.45) is 6.24. The first-order chi connectivity index (χ1) is 14.9. The summed E-state index contributed by atoms with van der Waals surface area (Å²) in [4.78, 5) is 35.7. The van der Waals surface area contributed by atoms with Gasteiger partial charge in [0.05, 0.1) is 10.4 Å². The molecule has 7 heteroatoms. The maximum absolute atomic E-state index is 12.9. The fourth-order valence-electron chi connectivity index (χ4n) is 8.33. The summed E-state index contributed by atoms with van der Waals surface area (Å²) < 4.78 is 10.1. The van der Waals surface area contributed by atoms with E-state index in [0.29, 0.717) is 30.6 Å². The number of carbonyl (C=O) groups is 3. The highest BCUT2D eigenvalue weighted by atomic mass is 79.9. The minimum atomic E-state index is -0.523. The van der Waals surface area contributed by atoms with Gasteiger partial charge in [-0.05, 0) is 73.5 Å². The lowest BCUT2D eigenvalue weighted by molar-refractivity contribution is -0.170. The van der Waals surface area contributed by atoms with Crippen LogP contribution >= 0.6 is 15.9 Å². The highest BCUT2D eigenvalue weighted by Gasteiger charge is 2.67. The fraction of sp³-hybridized carbons (Fsp3) is 0.880.